The topological polar surface area (TPSA) is 125 Å². The molecule has 3 aromatic rings. The van der Waals surface area contributed by atoms with Crippen LogP contribution in [0.3, 0.4) is 0 Å². The van der Waals surface area contributed by atoms with Crippen LogP contribution in [-0.4, -0.2) is 91.7 Å². The number of morpholine rings is 1. The third-order valence-corrected chi connectivity index (χ3v) is 10.1. The second kappa shape index (κ2) is 11.3. The van der Waals surface area contributed by atoms with Crippen LogP contribution in [0.4, 0.5) is 17.5 Å². The molecule has 39 heavy (non-hydrogen) atoms. The molecular weight excluding hydrogens is 518 g/mol. The Morgan fingerprint density at radius 3 is 2.59 bits per heavy atom. The molecule has 2 aliphatic heterocycles. The SMILES string of the molecule is COc1cc(S(=O)(=O)N2CCC(N3CCOCC3)CC2)ccc1Nc1nc(NCC2CCC2)c2cc[nH]c2n1. The second-order valence-corrected chi connectivity index (χ2v) is 12.5. The van der Waals surface area contributed by atoms with E-state index in [1.807, 2.05) is 12.3 Å². The molecule has 0 spiro atoms. The first-order valence-corrected chi connectivity index (χ1v) is 15.3. The summed E-state index contributed by atoms with van der Waals surface area (Å²) in [6.45, 7) is 5.24. The molecule has 1 saturated carbocycles. The van der Waals surface area contributed by atoms with Crippen molar-refractivity contribution in [3.63, 3.8) is 0 Å². The summed E-state index contributed by atoms with van der Waals surface area (Å²) in [7, 11) is -2.11. The van der Waals surface area contributed by atoms with Crippen molar-refractivity contribution in [3.05, 3.63) is 30.5 Å². The minimum absolute atomic E-state index is 0.221. The van der Waals surface area contributed by atoms with Crippen molar-refractivity contribution in [2.75, 3.05) is 63.7 Å². The Morgan fingerprint density at radius 2 is 1.87 bits per heavy atom. The summed E-state index contributed by atoms with van der Waals surface area (Å²) in [5.41, 5.74) is 1.32. The number of ether oxygens (including phenoxy) is 2. The Hall–Kier alpha value is -2.93. The van der Waals surface area contributed by atoms with Gasteiger partial charge < -0.3 is 25.1 Å². The number of hydrogen-bond acceptors (Lipinski definition) is 9. The van der Waals surface area contributed by atoms with Crippen LogP contribution in [0, 0.1) is 5.92 Å². The summed E-state index contributed by atoms with van der Waals surface area (Å²) >= 11 is 0. The molecule has 2 saturated heterocycles. The summed E-state index contributed by atoms with van der Waals surface area (Å²) in [5.74, 6) is 2.28. The van der Waals surface area contributed by atoms with Gasteiger partial charge in [-0.25, -0.2) is 8.42 Å². The van der Waals surface area contributed by atoms with E-state index in [4.69, 9.17) is 14.5 Å². The predicted molar refractivity (Wildman–Crippen MR) is 150 cm³/mol. The average Bonchev–Trinajstić information content (AvgIpc) is 3.42. The zero-order valence-electron chi connectivity index (χ0n) is 22.4. The number of nitrogens with zero attached hydrogens (tertiary/aromatic N) is 4. The van der Waals surface area contributed by atoms with Crippen LogP contribution in [0.5, 0.6) is 5.75 Å². The molecule has 1 aromatic carbocycles. The number of sulfonamides is 1. The van der Waals surface area contributed by atoms with E-state index in [2.05, 4.69) is 25.5 Å². The van der Waals surface area contributed by atoms with E-state index in [9.17, 15) is 8.42 Å². The van der Waals surface area contributed by atoms with Gasteiger partial charge in [0.05, 0.1) is 36.3 Å². The van der Waals surface area contributed by atoms with Gasteiger partial charge in [-0.15, -0.1) is 0 Å². The average molecular weight is 556 g/mol. The van der Waals surface area contributed by atoms with E-state index in [0.29, 0.717) is 42.4 Å². The lowest BCUT2D eigenvalue weighted by atomic mass is 9.85. The van der Waals surface area contributed by atoms with Crippen LogP contribution in [0.15, 0.2) is 35.4 Å². The number of benzene rings is 1. The summed E-state index contributed by atoms with van der Waals surface area (Å²) in [4.78, 5) is 15.1. The predicted octanol–water partition coefficient (Wildman–Crippen LogP) is 3.41. The Kier molecular flexibility index (Phi) is 7.61. The van der Waals surface area contributed by atoms with Gasteiger partial charge in [-0.2, -0.15) is 14.3 Å². The third kappa shape index (κ3) is 5.56. The first-order valence-electron chi connectivity index (χ1n) is 13.9. The van der Waals surface area contributed by atoms with Crippen molar-refractivity contribution < 1.29 is 17.9 Å². The van der Waals surface area contributed by atoms with E-state index in [1.54, 1.807) is 22.5 Å². The standard InChI is InChI=1S/C27H37N7O4S/c1-37-24-17-21(39(35,36)34-11-8-20(9-12-34)33-13-15-38-16-14-33)5-6-23(24)30-27-31-25-22(7-10-28-25)26(32-27)29-18-19-3-2-4-19/h5-7,10,17,19-20H,2-4,8-9,11-16,18H2,1H3,(H3,28,29,30,31,32). The van der Waals surface area contributed by atoms with Gasteiger partial charge in [0.2, 0.25) is 16.0 Å². The number of nitrogens with one attached hydrogen (secondary N) is 3. The van der Waals surface area contributed by atoms with Gasteiger partial charge in [-0.05, 0) is 49.8 Å². The zero-order valence-corrected chi connectivity index (χ0v) is 23.2. The smallest absolute Gasteiger partial charge is 0.243 e. The molecule has 0 atom stereocenters. The Bertz CT molecular complexity index is 1390. The first kappa shape index (κ1) is 26.3. The third-order valence-electron chi connectivity index (χ3n) is 8.24. The maximum absolute atomic E-state index is 13.5. The summed E-state index contributed by atoms with van der Waals surface area (Å²) in [6.07, 6.45) is 7.29. The second-order valence-electron chi connectivity index (χ2n) is 10.6. The van der Waals surface area contributed by atoms with Crippen molar-refractivity contribution in [3.8, 4) is 5.75 Å². The lowest BCUT2D eigenvalue weighted by molar-refractivity contribution is 0.00610. The number of hydrogen-bond donors (Lipinski definition) is 3. The van der Waals surface area contributed by atoms with Crippen LogP contribution in [0.25, 0.3) is 11.0 Å². The molecule has 3 N–H and O–H groups in total. The van der Waals surface area contributed by atoms with Crippen LogP contribution < -0.4 is 15.4 Å². The number of fused-ring (bicyclic) bond motifs is 1. The highest BCUT2D eigenvalue weighted by molar-refractivity contribution is 7.89. The fraction of sp³-hybridized carbons (Fsp3) is 0.556. The first-order chi connectivity index (χ1) is 19.0. The van der Waals surface area contributed by atoms with Crippen LogP contribution in [0.1, 0.15) is 32.1 Å². The van der Waals surface area contributed by atoms with E-state index < -0.39 is 10.0 Å². The summed E-state index contributed by atoms with van der Waals surface area (Å²) in [5, 5.41) is 7.65. The molecular formula is C27H37N7O4S. The van der Waals surface area contributed by atoms with Crippen molar-refractivity contribution in [1.82, 2.24) is 24.2 Å². The zero-order chi connectivity index (χ0) is 26.8. The number of aromatic nitrogens is 3. The number of H-pyrrole nitrogens is 1. The molecule has 3 aliphatic rings. The maximum atomic E-state index is 13.5. The molecule has 0 radical (unpaired) electrons. The van der Waals surface area contributed by atoms with Crippen LogP contribution >= 0.6 is 0 Å². The van der Waals surface area contributed by atoms with Crippen molar-refractivity contribution in [2.24, 2.45) is 5.92 Å². The largest absolute Gasteiger partial charge is 0.495 e. The molecule has 1 aliphatic carbocycles. The molecule has 0 unspecified atom stereocenters. The Balaban J connectivity index is 1.17. The fourth-order valence-electron chi connectivity index (χ4n) is 5.66. The molecule has 0 amide bonds. The molecule has 210 valence electrons. The van der Waals surface area contributed by atoms with Gasteiger partial charge in [-0.1, -0.05) is 6.42 Å². The van der Waals surface area contributed by atoms with Crippen LogP contribution in [-0.2, 0) is 14.8 Å². The fourth-order valence-corrected chi connectivity index (χ4v) is 7.15. The molecule has 2 aromatic heterocycles. The molecule has 3 fully saturated rings. The van der Waals surface area contributed by atoms with Crippen molar-refractivity contribution in [1.29, 1.82) is 0 Å². The normalized spacial score (nSPS) is 20.1. The summed E-state index contributed by atoms with van der Waals surface area (Å²) in [6, 6.07) is 7.29. The highest BCUT2D eigenvalue weighted by atomic mass is 32.2. The number of anilines is 3. The maximum Gasteiger partial charge on any atom is 0.243 e. The van der Waals surface area contributed by atoms with Gasteiger partial charge in [0.25, 0.3) is 0 Å². The quantitative estimate of drug-likeness (QED) is 0.364. The lowest BCUT2D eigenvalue weighted by Crippen LogP contribution is -2.50. The van der Waals surface area contributed by atoms with Crippen molar-refractivity contribution >= 4 is 38.5 Å². The Morgan fingerprint density at radius 1 is 1.08 bits per heavy atom. The number of aromatic amines is 1. The van der Waals surface area contributed by atoms with E-state index in [-0.39, 0.29) is 4.90 Å². The molecule has 0 bridgehead atoms. The summed E-state index contributed by atoms with van der Waals surface area (Å²) < 4.78 is 39.7. The highest BCUT2D eigenvalue weighted by Gasteiger charge is 2.32. The number of rotatable bonds is 9. The van der Waals surface area contributed by atoms with E-state index in [0.717, 1.165) is 62.5 Å². The van der Waals surface area contributed by atoms with Gasteiger partial charge in [0.15, 0.2) is 0 Å². The van der Waals surface area contributed by atoms with Crippen LogP contribution in [0.2, 0.25) is 0 Å². The van der Waals surface area contributed by atoms with Gasteiger partial charge >= 0.3 is 0 Å². The van der Waals surface area contributed by atoms with E-state index >= 15 is 0 Å². The number of methoxy groups -OCH3 is 1. The van der Waals surface area contributed by atoms with E-state index in [1.165, 1.54) is 26.4 Å². The van der Waals surface area contributed by atoms with Gasteiger partial charge in [-0.3, -0.25) is 4.90 Å². The molecule has 11 nitrogen and oxygen atoms in total. The molecule has 6 rings (SSSR count). The van der Waals surface area contributed by atoms with Gasteiger partial charge in [0, 0.05) is 51.0 Å². The number of piperidine rings is 1. The molecule has 4 heterocycles. The van der Waals surface area contributed by atoms with Gasteiger partial charge in [0.1, 0.15) is 17.2 Å². The monoisotopic (exact) mass is 555 g/mol. The Labute approximate surface area is 229 Å². The highest BCUT2D eigenvalue weighted by Crippen LogP contribution is 2.33. The van der Waals surface area contributed by atoms with Crippen molar-refractivity contribution in [2.45, 2.75) is 43.0 Å². The molecule has 12 heteroatoms. The minimum atomic E-state index is -3.64. The minimum Gasteiger partial charge on any atom is -0.495 e. The lowest BCUT2D eigenvalue weighted by Gasteiger charge is -2.39.